The fourth-order valence-electron chi connectivity index (χ4n) is 1.80. The van der Waals surface area contributed by atoms with Gasteiger partial charge in [0.1, 0.15) is 5.75 Å². The van der Waals surface area contributed by atoms with Crippen LogP contribution in [0, 0.1) is 0 Å². The lowest BCUT2D eigenvalue weighted by Crippen LogP contribution is -1.99. The second kappa shape index (κ2) is 5.92. The minimum atomic E-state index is 0.466. The standard InChI is InChI=1S/C16H14N4O/c17-12-10-18-16(19-11-12)20-14-8-4-5-9-15(14)21-13-6-2-1-3-7-13/h1-11H,17H2,(H,18,19,20). The van der Waals surface area contributed by atoms with E-state index in [0.717, 1.165) is 11.4 Å². The van der Waals surface area contributed by atoms with Crippen molar-refractivity contribution in [3.8, 4) is 11.5 Å². The molecule has 1 aromatic heterocycles. The van der Waals surface area contributed by atoms with E-state index in [1.807, 2.05) is 54.6 Å². The zero-order valence-corrected chi connectivity index (χ0v) is 11.2. The van der Waals surface area contributed by atoms with Crippen molar-refractivity contribution < 1.29 is 4.74 Å². The molecule has 0 bridgehead atoms. The Morgan fingerprint density at radius 3 is 2.29 bits per heavy atom. The Labute approximate surface area is 122 Å². The summed E-state index contributed by atoms with van der Waals surface area (Å²) < 4.78 is 5.86. The van der Waals surface area contributed by atoms with Gasteiger partial charge in [-0.05, 0) is 24.3 Å². The van der Waals surface area contributed by atoms with Crippen molar-refractivity contribution in [2.45, 2.75) is 0 Å². The van der Waals surface area contributed by atoms with Crippen molar-refractivity contribution in [3.05, 3.63) is 67.0 Å². The average molecular weight is 278 g/mol. The second-order valence-corrected chi connectivity index (χ2v) is 4.38. The molecule has 0 saturated heterocycles. The van der Waals surface area contributed by atoms with Crippen LogP contribution in [0.4, 0.5) is 17.3 Å². The van der Waals surface area contributed by atoms with Crippen LogP contribution in [-0.4, -0.2) is 9.97 Å². The monoisotopic (exact) mass is 278 g/mol. The van der Waals surface area contributed by atoms with Crippen LogP contribution in [0.1, 0.15) is 0 Å². The van der Waals surface area contributed by atoms with Gasteiger partial charge in [0.15, 0.2) is 5.75 Å². The van der Waals surface area contributed by atoms with E-state index in [1.54, 1.807) is 12.4 Å². The summed E-state index contributed by atoms with van der Waals surface area (Å²) in [4.78, 5) is 8.24. The predicted octanol–water partition coefficient (Wildman–Crippen LogP) is 3.59. The lowest BCUT2D eigenvalue weighted by atomic mass is 10.3. The topological polar surface area (TPSA) is 73.1 Å². The lowest BCUT2D eigenvalue weighted by molar-refractivity contribution is 0.485. The molecule has 0 spiro atoms. The van der Waals surface area contributed by atoms with Crippen molar-refractivity contribution >= 4 is 17.3 Å². The number of nitrogens with one attached hydrogen (secondary N) is 1. The van der Waals surface area contributed by atoms with Crippen LogP contribution in [0.15, 0.2) is 67.0 Å². The summed E-state index contributed by atoms with van der Waals surface area (Å²) >= 11 is 0. The number of benzene rings is 2. The molecule has 0 fully saturated rings. The number of hydrogen-bond donors (Lipinski definition) is 2. The Bertz CT molecular complexity index is 714. The Morgan fingerprint density at radius 2 is 1.52 bits per heavy atom. The zero-order chi connectivity index (χ0) is 14.5. The van der Waals surface area contributed by atoms with Crippen LogP contribution >= 0.6 is 0 Å². The van der Waals surface area contributed by atoms with E-state index in [2.05, 4.69) is 15.3 Å². The summed E-state index contributed by atoms with van der Waals surface area (Å²) in [5, 5.41) is 3.12. The molecule has 2 aromatic carbocycles. The van der Waals surface area contributed by atoms with Crippen LogP contribution in [-0.2, 0) is 0 Å². The molecule has 104 valence electrons. The van der Waals surface area contributed by atoms with Crippen LogP contribution in [0.25, 0.3) is 0 Å². The van der Waals surface area contributed by atoms with E-state index in [4.69, 9.17) is 10.5 Å². The first-order valence-corrected chi connectivity index (χ1v) is 6.48. The van der Waals surface area contributed by atoms with E-state index in [-0.39, 0.29) is 0 Å². The number of anilines is 3. The normalized spacial score (nSPS) is 10.1. The van der Waals surface area contributed by atoms with E-state index < -0.39 is 0 Å². The molecule has 0 atom stereocenters. The van der Waals surface area contributed by atoms with E-state index >= 15 is 0 Å². The van der Waals surface area contributed by atoms with E-state index in [9.17, 15) is 0 Å². The van der Waals surface area contributed by atoms with Crippen LogP contribution < -0.4 is 15.8 Å². The van der Waals surface area contributed by atoms with Gasteiger partial charge in [-0.2, -0.15) is 0 Å². The molecular formula is C16H14N4O. The van der Waals surface area contributed by atoms with Crippen molar-refractivity contribution in [1.82, 2.24) is 9.97 Å². The van der Waals surface area contributed by atoms with Gasteiger partial charge < -0.3 is 15.8 Å². The molecule has 3 rings (SSSR count). The SMILES string of the molecule is Nc1cnc(Nc2ccccc2Oc2ccccc2)nc1. The highest BCUT2D eigenvalue weighted by molar-refractivity contribution is 5.63. The molecule has 3 aromatic rings. The van der Waals surface area contributed by atoms with Crippen LogP contribution in [0.5, 0.6) is 11.5 Å². The fourth-order valence-corrected chi connectivity index (χ4v) is 1.80. The molecule has 0 aliphatic heterocycles. The molecule has 0 amide bonds. The quantitative estimate of drug-likeness (QED) is 0.763. The number of rotatable bonds is 4. The Morgan fingerprint density at radius 1 is 0.857 bits per heavy atom. The highest BCUT2D eigenvalue weighted by atomic mass is 16.5. The largest absolute Gasteiger partial charge is 0.455 e. The first kappa shape index (κ1) is 12.9. The first-order valence-electron chi connectivity index (χ1n) is 6.48. The highest BCUT2D eigenvalue weighted by Gasteiger charge is 2.05. The van der Waals surface area contributed by atoms with Crippen molar-refractivity contribution in [2.75, 3.05) is 11.1 Å². The van der Waals surface area contributed by atoms with Crippen molar-refractivity contribution in [2.24, 2.45) is 0 Å². The summed E-state index contributed by atoms with van der Waals surface area (Å²) in [7, 11) is 0. The van der Waals surface area contributed by atoms with Gasteiger partial charge in [-0.3, -0.25) is 0 Å². The number of nitrogen functional groups attached to an aromatic ring is 1. The van der Waals surface area contributed by atoms with E-state index in [0.29, 0.717) is 17.4 Å². The zero-order valence-electron chi connectivity index (χ0n) is 11.2. The third-order valence-corrected chi connectivity index (χ3v) is 2.78. The third-order valence-electron chi connectivity index (χ3n) is 2.78. The molecule has 0 radical (unpaired) electrons. The summed E-state index contributed by atoms with van der Waals surface area (Å²) in [5.74, 6) is 1.93. The molecule has 0 saturated carbocycles. The van der Waals surface area contributed by atoms with Gasteiger partial charge in [-0.15, -0.1) is 0 Å². The van der Waals surface area contributed by atoms with Gasteiger partial charge in [0.2, 0.25) is 5.95 Å². The van der Waals surface area contributed by atoms with Gasteiger partial charge in [-0.1, -0.05) is 30.3 Å². The van der Waals surface area contributed by atoms with Gasteiger partial charge >= 0.3 is 0 Å². The maximum Gasteiger partial charge on any atom is 0.227 e. The Kier molecular flexibility index (Phi) is 3.64. The summed E-state index contributed by atoms with van der Waals surface area (Å²) in [5.41, 5.74) is 6.88. The predicted molar refractivity (Wildman–Crippen MR) is 82.7 cm³/mol. The van der Waals surface area contributed by atoms with Gasteiger partial charge in [0.05, 0.1) is 23.8 Å². The molecule has 21 heavy (non-hydrogen) atoms. The Balaban J connectivity index is 1.84. The molecule has 3 N–H and O–H groups in total. The highest BCUT2D eigenvalue weighted by Crippen LogP contribution is 2.30. The minimum absolute atomic E-state index is 0.466. The second-order valence-electron chi connectivity index (χ2n) is 4.38. The van der Waals surface area contributed by atoms with Crippen molar-refractivity contribution in [3.63, 3.8) is 0 Å². The summed E-state index contributed by atoms with van der Waals surface area (Å²) in [6.45, 7) is 0. The number of hydrogen-bond acceptors (Lipinski definition) is 5. The molecule has 1 heterocycles. The molecular weight excluding hydrogens is 264 g/mol. The maximum atomic E-state index is 5.86. The number of nitrogens with two attached hydrogens (primary N) is 1. The minimum Gasteiger partial charge on any atom is -0.455 e. The smallest absolute Gasteiger partial charge is 0.227 e. The molecule has 0 aliphatic rings. The van der Waals surface area contributed by atoms with Gasteiger partial charge in [-0.25, -0.2) is 9.97 Å². The number of para-hydroxylation sites is 3. The number of ether oxygens (including phenoxy) is 1. The molecule has 5 heteroatoms. The third kappa shape index (κ3) is 3.27. The number of aromatic nitrogens is 2. The van der Waals surface area contributed by atoms with Gasteiger partial charge in [0.25, 0.3) is 0 Å². The van der Waals surface area contributed by atoms with Crippen LogP contribution in [0.3, 0.4) is 0 Å². The van der Waals surface area contributed by atoms with E-state index in [1.165, 1.54) is 0 Å². The van der Waals surface area contributed by atoms with Crippen LogP contribution in [0.2, 0.25) is 0 Å². The molecule has 0 unspecified atom stereocenters. The maximum absolute atomic E-state index is 5.86. The fraction of sp³-hybridized carbons (Fsp3) is 0. The van der Waals surface area contributed by atoms with Crippen molar-refractivity contribution in [1.29, 1.82) is 0 Å². The lowest BCUT2D eigenvalue weighted by Gasteiger charge is -2.11. The number of nitrogens with zero attached hydrogens (tertiary/aromatic N) is 2. The first-order chi connectivity index (χ1) is 10.3. The molecule has 5 nitrogen and oxygen atoms in total. The average Bonchev–Trinajstić information content (AvgIpc) is 2.52. The summed E-state index contributed by atoms with van der Waals surface area (Å²) in [6, 6.07) is 17.2. The Hall–Kier alpha value is -3.08. The van der Waals surface area contributed by atoms with Gasteiger partial charge in [0, 0.05) is 0 Å². The molecule has 0 aliphatic carbocycles. The summed E-state index contributed by atoms with van der Waals surface area (Å²) in [6.07, 6.45) is 3.10.